The van der Waals surface area contributed by atoms with Gasteiger partial charge in [0.25, 0.3) is 0 Å². The van der Waals surface area contributed by atoms with Crippen molar-refractivity contribution < 1.29 is 23.6 Å². The molecular formula is C24H26N2O5. The molecule has 1 aliphatic rings. The van der Waals surface area contributed by atoms with Gasteiger partial charge in [0, 0.05) is 35.7 Å². The van der Waals surface area contributed by atoms with E-state index in [0.29, 0.717) is 17.0 Å². The van der Waals surface area contributed by atoms with Gasteiger partial charge in [-0.1, -0.05) is 35.5 Å². The van der Waals surface area contributed by atoms with E-state index in [1.807, 2.05) is 50.2 Å². The van der Waals surface area contributed by atoms with Crippen LogP contribution in [0.4, 0.5) is 0 Å². The number of benzene rings is 1. The van der Waals surface area contributed by atoms with E-state index in [1.165, 1.54) is 0 Å². The van der Waals surface area contributed by atoms with E-state index in [9.17, 15) is 9.59 Å². The number of ether oxygens (including phenoxy) is 2. The van der Waals surface area contributed by atoms with Crippen molar-refractivity contribution in [2.24, 2.45) is 0 Å². The van der Waals surface area contributed by atoms with Crippen LogP contribution in [0.15, 0.2) is 40.9 Å². The van der Waals surface area contributed by atoms with E-state index >= 15 is 0 Å². The summed E-state index contributed by atoms with van der Waals surface area (Å²) in [4.78, 5) is 25.6. The molecule has 1 saturated heterocycles. The third-order valence-corrected chi connectivity index (χ3v) is 5.73. The highest BCUT2D eigenvalue weighted by molar-refractivity contribution is 6.02. The fourth-order valence-corrected chi connectivity index (χ4v) is 4.04. The maximum Gasteiger partial charge on any atom is 0.344 e. The summed E-state index contributed by atoms with van der Waals surface area (Å²) in [6.45, 7) is 6.70. The third kappa shape index (κ3) is 4.32. The van der Waals surface area contributed by atoms with Crippen molar-refractivity contribution in [3.8, 4) is 11.3 Å². The van der Waals surface area contributed by atoms with Gasteiger partial charge in [0.1, 0.15) is 17.0 Å². The van der Waals surface area contributed by atoms with Crippen LogP contribution in [0, 0.1) is 20.8 Å². The van der Waals surface area contributed by atoms with Crippen LogP contribution in [0.2, 0.25) is 0 Å². The van der Waals surface area contributed by atoms with Crippen molar-refractivity contribution in [1.82, 2.24) is 9.72 Å². The molecule has 0 N–H and O–H groups in total. The minimum absolute atomic E-state index is 0.179. The molecule has 0 spiro atoms. The van der Waals surface area contributed by atoms with Crippen molar-refractivity contribution in [2.45, 2.75) is 46.3 Å². The van der Waals surface area contributed by atoms with E-state index in [4.69, 9.17) is 14.0 Å². The van der Waals surface area contributed by atoms with Gasteiger partial charge in [-0.3, -0.25) is 4.79 Å². The van der Waals surface area contributed by atoms with Gasteiger partial charge in [0.05, 0.1) is 6.10 Å². The molecule has 7 heteroatoms. The van der Waals surface area contributed by atoms with Gasteiger partial charge in [-0.25, -0.2) is 4.79 Å². The highest BCUT2D eigenvalue weighted by Gasteiger charge is 2.25. The lowest BCUT2D eigenvalue weighted by atomic mass is 10.1. The molecule has 0 amide bonds. The third-order valence-electron chi connectivity index (χ3n) is 5.73. The number of esters is 1. The smallest absolute Gasteiger partial charge is 0.344 e. The molecule has 2 aromatic heterocycles. The van der Waals surface area contributed by atoms with Gasteiger partial charge >= 0.3 is 5.97 Å². The number of carbonyl (C=O) groups excluding carboxylic acids is 2. The molecule has 31 heavy (non-hydrogen) atoms. The van der Waals surface area contributed by atoms with Crippen molar-refractivity contribution in [3.05, 3.63) is 64.7 Å². The average Bonchev–Trinajstić information content (AvgIpc) is 3.49. The quantitative estimate of drug-likeness (QED) is 0.417. The minimum Gasteiger partial charge on any atom is -0.454 e. The summed E-state index contributed by atoms with van der Waals surface area (Å²) < 4.78 is 18.4. The van der Waals surface area contributed by atoms with Crippen LogP contribution in [-0.2, 0) is 16.0 Å². The lowest BCUT2D eigenvalue weighted by Crippen LogP contribution is -2.18. The van der Waals surface area contributed by atoms with Crippen LogP contribution >= 0.6 is 0 Å². The number of nitrogens with zero attached hydrogens (tertiary/aromatic N) is 2. The molecule has 4 rings (SSSR count). The Labute approximate surface area is 180 Å². The molecule has 1 aliphatic heterocycles. The Morgan fingerprint density at radius 1 is 1.19 bits per heavy atom. The minimum atomic E-state index is -0.626. The fourth-order valence-electron chi connectivity index (χ4n) is 4.04. The summed E-state index contributed by atoms with van der Waals surface area (Å²) in [6.07, 6.45) is 2.28. The van der Waals surface area contributed by atoms with Crippen molar-refractivity contribution in [3.63, 3.8) is 0 Å². The molecule has 0 bridgehead atoms. The molecule has 0 radical (unpaired) electrons. The number of carbonyl (C=O) groups is 2. The first-order chi connectivity index (χ1) is 15.0. The average molecular weight is 422 g/mol. The number of rotatable bonds is 7. The van der Waals surface area contributed by atoms with E-state index < -0.39 is 5.97 Å². The number of aryl methyl sites for hydroxylation is 2. The SMILES string of the molecule is Cc1onc(-c2ccccc2)c1C(=O)OCC(=O)c1cc(C)n(CC2CCCO2)c1C. The van der Waals surface area contributed by atoms with Gasteiger partial charge in [-0.15, -0.1) is 0 Å². The molecule has 1 atom stereocenters. The van der Waals surface area contributed by atoms with Crippen LogP contribution < -0.4 is 0 Å². The normalized spacial score (nSPS) is 15.9. The Morgan fingerprint density at radius 3 is 2.68 bits per heavy atom. The van der Waals surface area contributed by atoms with Gasteiger partial charge in [-0.05, 0) is 39.7 Å². The van der Waals surface area contributed by atoms with Crippen LogP contribution in [0.1, 0.15) is 50.7 Å². The predicted octanol–water partition coefficient (Wildman–Crippen LogP) is 4.29. The molecule has 0 aliphatic carbocycles. The van der Waals surface area contributed by atoms with Gasteiger partial charge < -0.3 is 18.6 Å². The first-order valence-corrected chi connectivity index (χ1v) is 10.5. The molecule has 3 heterocycles. The lowest BCUT2D eigenvalue weighted by Gasteiger charge is -2.14. The van der Waals surface area contributed by atoms with E-state index in [2.05, 4.69) is 9.72 Å². The van der Waals surface area contributed by atoms with Crippen LogP contribution in [0.3, 0.4) is 0 Å². The van der Waals surface area contributed by atoms with Crippen molar-refractivity contribution in [2.75, 3.05) is 13.2 Å². The number of Topliss-reactive ketones (excluding diaryl/α,β-unsaturated/α-hetero) is 1. The van der Waals surface area contributed by atoms with Crippen LogP contribution in [0.25, 0.3) is 11.3 Å². The standard InChI is InChI=1S/C24H26N2O5/c1-15-12-20(16(2)26(15)13-19-10-7-11-29-19)21(27)14-30-24(28)22-17(3)31-25-23(22)18-8-5-4-6-9-18/h4-6,8-9,12,19H,7,10-11,13-14H2,1-3H3. The molecule has 1 aromatic carbocycles. The summed E-state index contributed by atoms with van der Waals surface area (Å²) in [5, 5.41) is 3.99. The summed E-state index contributed by atoms with van der Waals surface area (Å²) >= 11 is 0. The second kappa shape index (κ2) is 8.89. The van der Waals surface area contributed by atoms with E-state index in [0.717, 1.165) is 42.9 Å². The summed E-state index contributed by atoms with van der Waals surface area (Å²) in [7, 11) is 0. The Balaban J connectivity index is 1.46. The number of ketones is 1. The van der Waals surface area contributed by atoms with Crippen molar-refractivity contribution in [1.29, 1.82) is 0 Å². The summed E-state index contributed by atoms with van der Waals surface area (Å²) in [5.41, 5.74) is 3.81. The largest absolute Gasteiger partial charge is 0.454 e. The van der Waals surface area contributed by atoms with Crippen LogP contribution in [-0.4, -0.2) is 40.8 Å². The topological polar surface area (TPSA) is 83.6 Å². The molecule has 1 fully saturated rings. The number of aromatic nitrogens is 2. The number of hydrogen-bond donors (Lipinski definition) is 0. The monoisotopic (exact) mass is 422 g/mol. The Bertz CT molecular complexity index is 1090. The summed E-state index contributed by atoms with van der Waals surface area (Å²) in [6, 6.07) is 11.1. The highest BCUT2D eigenvalue weighted by Crippen LogP contribution is 2.26. The molecular weight excluding hydrogens is 396 g/mol. The van der Waals surface area contributed by atoms with E-state index in [-0.39, 0.29) is 24.1 Å². The Hall–Kier alpha value is -3.19. The first kappa shape index (κ1) is 21.1. The second-order valence-electron chi connectivity index (χ2n) is 7.86. The Morgan fingerprint density at radius 2 is 1.97 bits per heavy atom. The molecule has 1 unspecified atom stereocenters. The zero-order valence-electron chi connectivity index (χ0n) is 18.0. The highest BCUT2D eigenvalue weighted by atomic mass is 16.5. The van der Waals surface area contributed by atoms with Gasteiger partial charge in [0.2, 0.25) is 5.78 Å². The number of hydrogen-bond acceptors (Lipinski definition) is 6. The fraction of sp³-hybridized carbons (Fsp3) is 0.375. The molecule has 162 valence electrons. The van der Waals surface area contributed by atoms with Crippen molar-refractivity contribution >= 4 is 11.8 Å². The maximum atomic E-state index is 12.8. The molecule has 7 nitrogen and oxygen atoms in total. The Kier molecular flexibility index (Phi) is 6.04. The first-order valence-electron chi connectivity index (χ1n) is 10.5. The zero-order chi connectivity index (χ0) is 22.0. The van der Waals surface area contributed by atoms with Crippen LogP contribution in [0.5, 0.6) is 0 Å². The van der Waals surface area contributed by atoms with Gasteiger partial charge in [0.15, 0.2) is 6.61 Å². The lowest BCUT2D eigenvalue weighted by molar-refractivity contribution is 0.0473. The van der Waals surface area contributed by atoms with E-state index in [1.54, 1.807) is 6.92 Å². The molecule has 3 aromatic rings. The predicted molar refractivity (Wildman–Crippen MR) is 114 cm³/mol. The maximum absolute atomic E-state index is 12.8. The zero-order valence-corrected chi connectivity index (χ0v) is 18.0. The second-order valence-corrected chi connectivity index (χ2v) is 7.86. The summed E-state index contributed by atoms with van der Waals surface area (Å²) in [5.74, 6) is -0.513. The molecule has 0 saturated carbocycles. The van der Waals surface area contributed by atoms with Gasteiger partial charge in [-0.2, -0.15) is 0 Å².